The molecular formula is C23H26N4O3. The zero-order chi connectivity index (χ0) is 20.9. The Labute approximate surface area is 175 Å². The van der Waals surface area contributed by atoms with E-state index in [1.54, 1.807) is 27.9 Å². The first-order valence-corrected chi connectivity index (χ1v) is 10.1. The van der Waals surface area contributed by atoms with E-state index in [2.05, 4.69) is 10.4 Å². The standard InChI is InChI=1S/C23H26N4O3/c1-26-19(9-11-25-26)16-24-18-7-8-20(22(28)15-18)23(29)27-12-14-30-13-10-21(27)17-5-3-2-4-6-17/h2-9,11,15,21,24,28H,10,12-14,16H2,1H3. The molecule has 0 saturated carbocycles. The predicted molar refractivity (Wildman–Crippen MR) is 114 cm³/mol. The third kappa shape index (κ3) is 4.31. The maximum Gasteiger partial charge on any atom is 0.258 e. The molecule has 1 atom stereocenters. The van der Waals surface area contributed by atoms with Gasteiger partial charge in [0, 0.05) is 38.1 Å². The molecule has 2 aromatic carbocycles. The smallest absolute Gasteiger partial charge is 0.258 e. The molecule has 7 nitrogen and oxygen atoms in total. The third-order valence-electron chi connectivity index (χ3n) is 5.46. The fourth-order valence-electron chi connectivity index (χ4n) is 3.78. The van der Waals surface area contributed by atoms with Crippen LogP contribution in [0.3, 0.4) is 0 Å². The second kappa shape index (κ2) is 9.00. The van der Waals surface area contributed by atoms with Crippen LogP contribution in [-0.2, 0) is 18.3 Å². The summed E-state index contributed by atoms with van der Waals surface area (Å²) in [5.41, 5.74) is 3.13. The van der Waals surface area contributed by atoms with Gasteiger partial charge in [-0.15, -0.1) is 0 Å². The molecule has 1 aliphatic heterocycles. The van der Waals surface area contributed by atoms with E-state index in [1.165, 1.54) is 0 Å². The Morgan fingerprint density at radius 1 is 1.20 bits per heavy atom. The van der Waals surface area contributed by atoms with Gasteiger partial charge in [-0.2, -0.15) is 5.10 Å². The molecule has 1 unspecified atom stereocenters. The first-order valence-electron chi connectivity index (χ1n) is 10.1. The minimum absolute atomic E-state index is 0.0352. The van der Waals surface area contributed by atoms with Crippen LogP contribution in [0.25, 0.3) is 0 Å². The van der Waals surface area contributed by atoms with E-state index in [4.69, 9.17) is 4.74 Å². The van der Waals surface area contributed by atoms with E-state index in [0.29, 0.717) is 31.9 Å². The number of hydrogen-bond donors (Lipinski definition) is 2. The predicted octanol–water partition coefficient (Wildman–Crippen LogP) is 3.34. The summed E-state index contributed by atoms with van der Waals surface area (Å²) < 4.78 is 7.40. The second-order valence-electron chi connectivity index (χ2n) is 7.36. The Kier molecular flexibility index (Phi) is 5.99. The Morgan fingerprint density at radius 3 is 2.77 bits per heavy atom. The van der Waals surface area contributed by atoms with Crippen molar-refractivity contribution in [3.05, 3.63) is 77.6 Å². The van der Waals surface area contributed by atoms with Crippen LogP contribution in [0.15, 0.2) is 60.8 Å². The topological polar surface area (TPSA) is 79.6 Å². The highest BCUT2D eigenvalue weighted by Gasteiger charge is 2.29. The number of amides is 1. The number of carbonyl (C=O) groups is 1. The van der Waals surface area contributed by atoms with Gasteiger partial charge in [0.05, 0.1) is 30.5 Å². The van der Waals surface area contributed by atoms with Crippen LogP contribution >= 0.6 is 0 Å². The van der Waals surface area contributed by atoms with Crippen molar-refractivity contribution in [2.24, 2.45) is 7.05 Å². The molecule has 0 radical (unpaired) electrons. The van der Waals surface area contributed by atoms with Crippen LogP contribution in [0.2, 0.25) is 0 Å². The summed E-state index contributed by atoms with van der Waals surface area (Å²) in [6, 6.07) is 16.9. The molecule has 4 rings (SSSR count). The fraction of sp³-hybridized carbons (Fsp3) is 0.304. The van der Waals surface area contributed by atoms with E-state index in [9.17, 15) is 9.90 Å². The van der Waals surface area contributed by atoms with Crippen molar-refractivity contribution in [1.29, 1.82) is 0 Å². The van der Waals surface area contributed by atoms with E-state index in [1.807, 2.05) is 49.5 Å². The normalized spacial score (nSPS) is 16.8. The zero-order valence-electron chi connectivity index (χ0n) is 17.0. The van der Waals surface area contributed by atoms with Crippen molar-refractivity contribution in [3.63, 3.8) is 0 Å². The zero-order valence-corrected chi connectivity index (χ0v) is 17.0. The van der Waals surface area contributed by atoms with Crippen LogP contribution in [0.1, 0.15) is 34.1 Å². The molecule has 1 fully saturated rings. The van der Waals surface area contributed by atoms with Gasteiger partial charge in [-0.05, 0) is 30.2 Å². The van der Waals surface area contributed by atoms with Crippen LogP contribution in [0.4, 0.5) is 5.69 Å². The van der Waals surface area contributed by atoms with E-state index in [-0.39, 0.29) is 17.7 Å². The minimum atomic E-state index is -0.190. The van der Waals surface area contributed by atoms with Crippen molar-refractivity contribution in [1.82, 2.24) is 14.7 Å². The van der Waals surface area contributed by atoms with E-state index >= 15 is 0 Å². The lowest BCUT2D eigenvalue weighted by Crippen LogP contribution is -2.36. The molecular weight excluding hydrogens is 380 g/mol. The summed E-state index contributed by atoms with van der Waals surface area (Å²) in [5, 5.41) is 18.0. The molecule has 1 aromatic heterocycles. The van der Waals surface area contributed by atoms with Crippen molar-refractivity contribution in [3.8, 4) is 5.75 Å². The molecule has 2 heterocycles. The van der Waals surface area contributed by atoms with Crippen molar-refractivity contribution in [2.75, 3.05) is 25.1 Å². The molecule has 1 amide bonds. The van der Waals surface area contributed by atoms with Gasteiger partial charge < -0.3 is 20.1 Å². The number of phenols is 1. The first kappa shape index (κ1) is 20.0. The minimum Gasteiger partial charge on any atom is -0.507 e. The van der Waals surface area contributed by atoms with E-state index < -0.39 is 0 Å². The lowest BCUT2D eigenvalue weighted by Gasteiger charge is -2.30. The van der Waals surface area contributed by atoms with Gasteiger partial charge in [0.15, 0.2) is 0 Å². The van der Waals surface area contributed by atoms with Gasteiger partial charge in [-0.25, -0.2) is 0 Å². The number of ether oxygens (including phenoxy) is 1. The molecule has 1 saturated heterocycles. The molecule has 7 heteroatoms. The fourth-order valence-corrected chi connectivity index (χ4v) is 3.78. The third-order valence-corrected chi connectivity index (χ3v) is 5.46. The molecule has 1 aliphatic rings. The number of nitrogens with one attached hydrogen (secondary N) is 1. The van der Waals surface area contributed by atoms with Crippen LogP contribution in [0, 0.1) is 0 Å². The summed E-state index contributed by atoms with van der Waals surface area (Å²) in [7, 11) is 1.88. The molecule has 0 aliphatic carbocycles. The molecule has 3 aromatic rings. The maximum atomic E-state index is 13.3. The van der Waals surface area contributed by atoms with Crippen molar-refractivity contribution in [2.45, 2.75) is 19.0 Å². The van der Waals surface area contributed by atoms with Gasteiger partial charge in [0.2, 0.25) is 0 Å². The number of phenolic OH excluding ortho intramolecular Hbond substituents is 1. The molecule has 156 valence electrons. The Hall–Kier alpha value is -3.32. The van der Waals surface area contributed by atoms with Crippen LogP contribution in [-0.4, -0.2) is 45.5 Å². The number of hydrogen-bond acceptors (Lipinski definition) is 5. The Morgan fingerprint density at radius 2 is 2.03 bits per heavy atom. The maximum absolute atomic E-state index is 13.3. The number of nitrogens with zero attached hydrogens (tertiary/aromatic N) is 3. The van der Waals surface area contributed by atoms with E-state index in [0.717, 1.165) is 23.4 Å². The summed E-state index contributed by atoms with van der Waals surface area (Å²) in [5.74, 6) is -0.225. The van der Waals surface area contributed by atoms with Crippen molar-refractivity contribution >= 4 is 11.6 Å². The van der Waals surface area contributed by atoms with Crippen LogP contribution < -0.4 is 5.32 Å². The summed E-state index contributed by atoms with van der Waals surface area (Å²) in [4.78, 5) is 15.1. The number of anilines is 1. The molecule has 30 heavy (non-hydrogen) atoms. The van der Waals surface area contributed by atoms with Gasteiger partial charge in [-0.1, -0.05) is 30.3 Å². The van der Waals surface area contributed by atoms with Gasteiger partial charge in [0.25, 0.3) is 5.91 Å². The highest BCUT2D eigenvalue weighted by molar-refractivity contribution is 5.97. The molecule has 2 N–H and O–H groups in total. The first-order chi connectivity index (χ1) is 14.6. The number of aryl methyl sites for hydroxylation is 1. The average molecular weight is 406 g/mol. The van der Waals surface area contributed by atoms with Gasteiger partial charge >= 0.3 is 0 Å². The van der Waals surface area contributed by atoms with Gasteiger partial charge in [0.1, 0.15) is 5.75 Å². The Balaban J connectivity index is 1.53. The number of aromatic hydroxyl groups is 1. The average Bonchev–Trinajstić information content (AvgIpc) is 3.02. The van der Waals surface area contributed by atoms with Crippen LogP contribution in [0.5, 0.6) is 5.75 Å². The number of carbonyl (C=O) groups excluding carboxylic acids is 1. The van der Waals surface area contributed by atoms with Gasteiger partial charge in [-0.3, -0.25) is 9.48 Å². The van der Waals surface area contributed by atoms with Crippen molar-refractivity contribution < 1.29 is 14.6 Å². The lowest BCUT2D eigenvalue weighted by atomic mass is 10.0. The summed E-state index contributed by atoms with van der Waals surface area (Å²) in [6.07, 6.45) is 2.46. The monoisotopic (exact) mass is 406 g/mol. The molecule has 0 bridgehead atoms. The lowest BCUT2D eigenvalue weighted by molar-refractivity contribution is 0.0669. The Bertz CT molecular complexity index is 1000. The number of rotatable bonds is 5. The number of aromatic nitrogens is 2. The highest BCUT2D eigenvalue weighted by Crippen LogP contribution is 2.31. The number of benzene rings is 2. The second-order valence-corrected chi connectivity index (χ2v) is 7.36. The highest BCUT2D eigenvalue weighted by atomic mass is 16.5. The SMILES string of the molecule is Cn1nccc1CNc1ccc(C(=O)N2CCOCCC2c2ccccc2)c(O)c1. The largest absolute Gasteiger partial charge is 0.507 e. The quantitative estimate of drug-likeness (QED) is 0.679. The summed E-state index contributed by atoms with van der Waals surface area (Å²) in [6.45, 7) is 2.15. The molecule has 0 spiro atoms. The summed E-state index contributed by atoms with van der Waals surface area (Å²) >= 11 is 0.